The number of carbonyl (C=O) groups excluding carboxylic acids is 10. The van der Waals surface area contributed by atoms with E-state index in [9.17, 15) is 73.2 Å². The molecular formula is C44H77N11O15S. The van der Waals surface area contributed by atoms with Crippen molar-refractivity contribution in [1.29, 1.82) is 0 Å². The van der Waals surface area contributed by atoms with Crippen LogP contribution in [-0.4, -0.2) is 182 Å². The molecule has 17 N–H and O–H groups in total. The summed E-state index contributed by atoms with van der Waals surface area (Å²) in [5.41, 5.74) is 16.6. The number of aliphatic carboxylic acids is 1. The molecule has 0 aromatic carbocycles. The Morgan fingerprint density at radius 1 is 0.563 bits per heavy atom. The Hall–Kier alpha value is -5.64. The maximum Gasteiger partial charge on any atom is 0.328 e. The molecule has 0 aliphatic carbocycles. The summed E-state index contributed by atoms with van der Waals surface area (Å²) in [6, 6.07) is -13.2. The number of nitrogens with zero attached hydrogens (tertiary/aromatic N) is 1. The second kappa shape index (κ2) is 31.0. The van der Waals surface area contributed by atoms with Crippen molar-refractivity contribution in [2.75, 3.05) is 18.6 Å². The van der Waals surface area contributed by atoms with Crippen molar-refractivity contribution in [1.82, 2.24) is 42.1 Å². The highest BCUT2D eigenvalue weighted by molar-refractivity contribution is 7.98. The molecule has 1 heterocycles. The van der Waals surface area contributed by atoms with Crippen LogP contribution in [0.3, 0.4) is 0 Å². The van der Waals surface area contributed by atoms with Gasteiger partial charge in [0.2, 0.25) is 59.1 Å². The molecular weight excluding hydrogens is 955 g/mol. The van der Waals surface area contributed by atoms with Crippen molar-refractivity contribution < 1.29 is 73.2 Å². The molecule has 71 heavy (non-hydrogen) atoms. The Balaban J connectivity index is 3.40. The number of nitrogens with one attached hydrogen (secondary N) is 7. The summed E-state index contributed by atoms with van der Waals surface area (Å²) in [6.45, 7) is 10.4. The predicted octanol–water partition coefficient (Wildman–Crippen LogP) is -4.70. The molecule has 12 atom stereocenters. The van der Waals surface area contributed by atoms with Crippen LogP contribution in [0.1, 0.15) is 106 Å². The second-order valence-corrected chi connectivity index (χ2v) is 19.6. The number of likely N-dealkylation sites (tertiary alicyclic amines) is 1. The zero-order valence-corrected chi connectivity index (χ0v) is 42.5. The van der Waals surface area contributed by atoms with Crippen LogP contribution < -0.4 is 54.4 Å². The molecule has 1 fully saturated rings. The Labute approximate surface area is 417 Å². The fraction of sp³-hybridized carbons (Fsp3) is 0.750. The summed E-state index contributed by atoms with van der Waals surface area (Å²) in [5, 5.41) is 57.7. The average molecular weight is 1030 g/mol. The third-order valence-electron chi connectivity index (χ3n) is 11.3. The Kier molecular flexibility index (Phi) is 27.6. The number of hydrogen-bond donors (Lipinski definition) is 14. The number of carboxylic acid groups (broad SMARTS) is 1. The Morgan fingerprint density at radius 2 is 0.972 bits per heavy atom. The highest BCUT2D eigenvalue weighted by Gasteiger charge is 2.42. The van der Waals surface area contributed by atoms with Gasteiger partial charge in [0.1, 0.15) is 42.3 Å². The van der Waals surface area contributed by atoms with E-state index in [1.807, 2.05) is 6.26 Å². The minimum Gasteiger partial charge on any atom is -0.480 e. The molecule has 0 aromatic rings. The number of primary amides is 2. The van der Waals surface area contributed by atoms with Crippen LogP contribution in [0.25, 0.3) is 0 Å². The number of aliphatic hydroxyl groups excluding tert-OH is 3. The number of carboxylic acids is 1. The molecule has 10 amide bonds. The molecule has 26 nitrogen and oxygen atoms in total. The van der Waals surface area contributed by atoms with Crippen molar-refractivity contribution in [2.45, 2.75) is 179 Å². The number of aliphatic hydroxyl groups is 3. The minimum atomic E-state index is -1.75. The van der Waals surface area contributed by atoms with Crippen LogP contribution in [0, 0.1) is 11.8 Å². The smallest absolute Gasteiger partial charge is 0.328 e. The van der Waals surface area contributed by atoms with Crippen molar-refractivity contribution in [3.05, 3.63) is 0 Å². The van der Waals surface area contributed by atoms with Crippen LogP contribution in [0.4, 0.5) is 0 Å². The lowest BCUT2D eigenvalue weighted by atomic mass is 10.0. The van der Waals surface area contributed by atoms with E-state index < -0.39 is 151 Å². The van der Waals surface area contributed by atoms with Gasteiger partial charge in [-0.2, -0.15) is 11.8 Å². The largest absolute Gasteiger partial charge is 0.480 e. The van der Waals surface area contributed by atoms with Crippen LogP contribution in [0.15, 0.2) is 0 Å². The van der Waals surface area contributed by atoms with Crippen molar-refractivity contribution in [3.8, 4) is 0 Å². The lowest BCUT2D eigenvalue weighted by molar-refractivity contribution is -0.146. The van der Waals surface area contributed by atoms with Gasteiger partial charge in [-0.05, 0) is 89.6 Å². The molecule has 1 aliphatic rings. The first-order valence-electron chi connectivity index (χ1n) is 23.5. The molecule has 0 unspecified atom stereocenters. The summed E-state index contributed by atoms with van der Waals surface area (Å²) in [6.07, 6.45) is -3.82. The number of amides is 10. The maximum atomic E-state index is 14.1. The number of rotatable bonds is 32. The monoisotopic (exact) mass is 1030 g/mol. The highest BCUT2D eigenvalue weighted by atomic mass is 32.2. The normalized spacial score (nSPS) is 18.2. The maximum absolute atomic E-state index is 14.1. The Bertz CT molecular complexity index is 1870. The molecule has 0 spiro atoms. The molecule has 1 saturated heterocycles. The zero-order chi connectivity index (χ0) is 54.4. The van der Waals surface area contributed by atoms with E-state index in [2.05, 4.69) is 37.2 Å². The van der Waals surface area contributed by atoms with E-state index in [4.69, 9.17) is 17.2 Å². The SMILES string of the molecule is CSCC[C@H](N)C(=O)N[C@@H](CCC(N)=O)C(=O)N[C@H](C(=O)N[C@@H](CC(C)C)C(=O)N[C@@H](CCC(N)=O)C(=O)N[C@H](C(=O)N1CCC[C@H]1C(=O)N[C@@H](CC(C)C)C(=O)N[C@H](C(=O)O)[C@@H](C)O)[C@@H](C)O)[C@@H](C)O. The molecule has 0 aromatic heterocycles. The first kappa shape index (κ1) is 63.4. The van der Waals surface area contributed by atoms with Crippen LogP contribution in [-0.2, 0) is 52.7 Å². The van der Waals surface area contributed by atoms with Gasteiger partial charge in [-0.25, -0.2) is 4.79 Å². The molecule has 404 valence electrons. The molecule has 1 aliphatic heterocycles. The highest BCUT2D eigenvalue weighted by Crippen LogP contribution is 2.21. The number of thioether (sulfide) groups is 1. The number of hydrogen-bond acceptors (Lipinski definition) is 16. The molecule has 0 bridgehead atoms. The van der Waals surface area contributed by atoms with E-state index in [1.54, 1.807) is 27.7 Å². The standard InChI is InChI=1S/C44H77N11O15S/c1-20(2)18-28(51-42(67)33(22(5)56)52-37(62)26(11-13-31(46)59)48-36(61)25(45)15-17-71-8)39(64)49-27(12-14-32(47)60)38(63)53-34(23(6)57)43(68)55-16-9-10-30(55)41(66)50-29(19-21(3)4)40(65)54-35(24(7)58)44(69)70/h20-30,33-35,56-58H,9-19,45H2,1-8H3,(H2,46,59)(H2,47,60)(H,48,61)(H,49,64)(H,50,66)(H,51,67)(H,52,62)(H,53,63)(H,54,65)(H,69,70)/t22-,23-,24-,25+,26+,27+,28+,29+,30+,33+,34+,35+/m1/s1. The second-order valence-electron chi connectivity index (χ2n) is 18.6. The summed E-state index contributed by atoms with van der Waals surface area (Å²) < 4.78 is 0. The van der Waals surface area contributed by atoms with Gasteiger partial charge in [-0.3, -0.25) is 47.9 Å². The fourth-order valence-electron chi connectivity index (χ4n) is 7.40. The van der Waals surface area contributed by atoms with Gasteiger partial charge in [0, 0.05) is 19.4 Å². The third kappa shape index (κ3) is 22.1. The fourth-order valence-corrected chi connectivity index (χ4v) is 7.89. The van der Waals surface area contributed by atoms with Crippen molar-refractivity contribution in [3.63, 3.8) is 0 Å². The van der Waals surface area contributed by atoms with Crippen LogP contribution in [0.2, 0.25) is 0 Å². The minimum absolute atomic E-state index is 0.0261. The Morgan fingerprint density at radius 3 is 1.41 bits per heavy atom. The lowest BCUT2D eigenvalue weighted by Crippen LogP contribution is -2.62. The van der Waals surface area contributed by atoms with E-state index in [0.29, 0.717) is 5.75 Å². The van der Waals surface area contributed by atoms with E-state index in [-0.39, 0.29) is 63.3 Å². The molecule has 27 heteroatoms. The summed E-state index contributed by atoms with van der Waals surface area (Å²) in [7, 11) is 0. The quantitative estimate of drug-likeness (QED) is 0.0301. The lowest BCUT2D eigenvalue weighted by Gasteiger charge is -2.32. The van der Waals surface area contributed by atoms with Crippen LogP contribution >= 0.6 is 11.8 Å². The third-order valence-corrected chi connectivity index (χ3v) is 11.9. The predicted molar refractivity (Wildman–Crippen MR) is 258 cm³/mol. The molecule has 0 saturated carbocycles. The topological polar surface area (TPSA) is 434 Å². The summed E-state index contributed by atoms with van der Waals surface area (Å²) in [4.78, 5) is 145. The number of carbonyl (C=O) groups is 11. The average Bonchev–Trinajstić information content (AvgIpc) is 3.77. The summed E-state index contributed by atoms with van der Waals surface area (Å²) >= 11 is 1.44. The van der Waals surface area contributed by atoms with E-state index in [1.165, 1.54) is 32.5 Å². The molecule has 1 rings (SSSR count). The van der Waals surface area contributed by atoms with Crippen molar-refractivity contribution in [2.24, 2.45) is 29.0 Å². The number of nitrogens with two attached hydrogens (primary N) is 3. The van der Waals surface area contributed by atoms with E-state index in [0.717, 1.165) is 4.90 Å². The van der Waals surface area contributed by atoms with Gasteiger partial charge in [0.05, 0.1) is 24.4 Å². The van der Waals surface area contributed by atoms with E-state index >= 15 is 0 Å². The van der Waals surface area contributed by atoms with Gasteiger partial charge < -0.3 is 79.7 Å². The first-order valence-corrected chi connectivity index (χ1v) is 24.9. The van der Waals surface area contributed by atoms with Gasteiger partial charge in [-0.1, -0.05) is 27.7 Å². The van der Waals surface area contributed by atoms with Crippen LogP contribution in [0.5, 0.6) is 0 Å². The summed E-state index contributed by atoms with van der Waals surface area (Å²) in [5.74, 6) is -10.6. The zero-order valence-electron chi connectivity index (χ0n) is 41.7. The van der Waals surface area contributed by atoms with Gasteiger partial charge in [-0.15, -0.1) is 0 Å². The molecule has 0 radical (unpaired) electrons. The van der Waals surface area contributed by atoms with Gasteiger partial charge in [0.25, 0.3) is 0 Å². The van der Waals surface area contributed by atoms with Gasteiger partial charge >= 0.3 is 5.97 Å². The van der Waals surface area contributed by atoms with Crippen molar-refractivity contribution >= 4 is 76.8 Å². The first-order chi connectivity index (χ1) is 33.0. The van der Waals surface area contributed by atoms with Gasteiger partial charge in [0.15, 0.2) is 6.04 Å².